The van der Waals surface area contributed by atoms with Crippen LogP contribution in [-0.4, -0.2) is 11.1 Å². The number of hydrogen-bond donors (Lipinski definition) is 1. The van der Waals surface area contributed by atoms with Gasteiger partial charge in [-0.2, -0.15) is 0 Å². The van der Waals surface area contributed by atoms with Crippen LogP contribution in [0.15, 0.2) is 24.3 Å². The first kappa shape index (κ1) is 12.5. The van der Waals surface area contributed by atoms with Crippen molar-refractivity contribution in [3.05, 3.63) is 29.8 Å². The molecule has 0 aliphatic heterocycles. The molecule has 0 heterocycles. The van der Waals surface area contributed by atoms with Crippen LogP contribution >= 0.6 is 0 Å². The van der Waals surface area contributed by atoms with Gasteiger partial charge in [-0.3, -0.25) is 0 Å². The maximum Gasteiger partial charge on any atom is 1.00 e. The van der Waals surface area contributed by atoms with Crippen LogP contribution in [0.1, 0.15) is 18.4 Å². The second-order valence-corrected chi connectivity index (χ2v) is 2.63. The van der Waals surface area contributed by atoms with E-state index in [1.807, 2.05) is 0 Å². The SMILES string of the molecule is C[C@H](C(=O)[O-])c1ccc(O)cc1.[Na+]. The van der Waals surface area contributed by atoms with Crippen molar-refractivity contribution in [2.24, 2.45) is 0 Å². The largest absolute Gasteiger partial charge is 1.00 e. The Kier molecular flexibility index (Phi) is 5.06. The van der Waals surface area contributed by atoms with E-state index in [-0.39, 0.29) is 35.3 Å². The Morgan fingerprint density at radius 1 is 1.38 bits per heavy atom. The van der Waals surface area contributed by atoms with Crippen LogP contribution in [0.2, 0.25) is 0 Å². The summed E-state index contributed by atoms with van der Waals surface area (Å²) in [5, 5.41) is 19.3. The van der Waals surface area contributed by atoms with Gasteiger partial charge in [0.05, 0.1) is 0 Å². The molecule has 0 aromatic heterocycles. The summed E-state index contributed by atoms with van der Waals surface area (Å²) in [6, 6.07) is 6.04. The normalized spacial score (nSPS) is 11.5. The van der Waals surface area contributed by atoms with Crippen molar-refractivity contribution >= 4 is 5.97 Å². The van der Waals surface area contributed by atoms with Gasteiger partial charge in [-0.15, -0.1) is 0 Å². The second-order valence-electron chi connectivity index (χ2n) is 2.63. The molecule has 1 atom stereocenters. The van der Waals surface area contributed by atoms with E-state index < -0.39 is 11.9 Å². The van der Waals surface area contributed by atoms with Gasteiger partial charge in [0, 0.05) is 11.9 Å². The average Bonchev–Trinajstić information content (AvgIpc) is 2.04. The summed E-state index contributed by atoms with van der Waals surface area (Å²) in [5.41, 5.74) is 0.632. The molecular weight excluding hydrogens is 179 g/mol. The molecule has 64 valence electrons. The molecule has 0 spiro atoms. The third kappa shape index (κ3) is 3.38. The van der Waals surface area contributed by atoms with E-state index in [0.29, 0.717) is 5.56 Å². The molecule has 1 rings (SSSR count). The predicted molar refractivity (Wildman–Crippen MR) is 41.5 cm³/mol. The van der Waals surface area contributed by atoms with Crippen LogP contribution in [0.5, 0.6) is 5.75 Å². The number of hydrogen-bond acceptors (Lipinski definition) is 3. The Bertz CT molecular complexity index is 281. The van der Waals surface area contributed by atoms with E-state index in [9.17, 15) is 9.90 Å². The summed E-state index contributed by atoms with van der Waals surface area (Å²) in [5.74, 6) is -1.62. The van der Waals surface area contributed by atoms with Gasteiger partial charge in [0.25, 0.3) is 0 Å². The molecule has 1 N–H and O–H groups in total. The van der Waals surface area contributed by atoms with Crippen LogP contribution < -0.4 is 34.7 Å². The van der Waals surface area contributed by atoms with Gasteiger partial charge in [-0.05, 0) is 17.7 Å². The molecular formula is C9H9NaO3. The molecule has 4 heteroatoms. The molecule has 0 saturated carbocycles. The van der Waals surface area contributed by atoms with E-state index in [0.717, 1.165) is 0 Å². The number of aliphatic carboxylic acids is 1. The van der Waals surface area contributed by atoms with E-state index in [4.69, 9.17) is 5.11 Å². The summed E-state index contributed by atoms with van der Waals surface area (Å²) in [7, 11) is 0. The zero-order valence-electron chi connectivity index (χ0n) is 7.65. The number of carboxylic acids is 1. The second kappa shape index (κ2) is 5.27. The summed E-state index contributed by atoms with van der Waals surface area (Å²) in [6.45, 7) is 1.54. The minimum Gasteiger partial charge on any atom is -0.550 e. The van der Waals surface area contributed by atoms with E-state index in [2.05, 4.69) is 0 Å². The molecule has 0 aliphatic carbocycles. The molecule has 3 nitrogen and oxygen atoms in total. The van der Waals surface area contributed by atoms with Crippen LogP contribution in [0, 0.1) is 0 Å². The molecule has 1 aromatic carbocycles. The molecule has 0 fully saturated rings. The Morgan fingerprint density at radius 2 is 1.85 bits per heavy atom. The van der Waals surface area contributed by atoms with E-state index >= 15 is 0 Å². The van der Waals surface area contributed by atoms with Gasteiger partial charge in [0.1, 0.15) is 5.75 Å². The minimum absolute atomic E-state index is 0. The zero-order valence-corrected chi connectivity index (χ0v) is 9.65. The van der Waals surface area contributed by atoms with Crippen LogP contribution in [0.4, 0.5) is 0 Å². The maximum absolute atomic E-state index is 10.4. The van der Waals surface area contributed by atoms with Crippen LogP contribution in [0.3, 0.4) is 0 Å². The monoisotopic (exact) mass is 188 g/mol. The first-order valence-corrected chi connectivity index (χ1v) is 3.61. The van der Waals surface area contributed by atoms with Crippen LogP contribution in [0.25, 0.3) is 0 Å². The number of carbonyl (C=O) groups is 1. The topological polar surface area (TPSA) is 60.4 Å². The molecule has 0 bridgehead atoms. The third-order valence-electron chi connectivity index (χ3n) is 1.75. The zero-order chi connectivity index (χ0) is 9.14. The number of phenolic OH excluding ortho intramolecular Hbond substituents is 1. The fourth-order valence-corrected chi connectivity index (χ4v) is 0.899. The molecule has 0 saturated heterocycles. The number of carbonyl (C=O) groups excluding carboxylic acids is 1. The van der Waals surface area contributed by atoms with Crippen molar-refractivity contribution < 1.29 is 44.6 Å². The molecule has 13 heavy (non-hydrogen) atoms. The number of rotatable bonds is 2. The predicted octanol–water partition coefficient (Wildman–Crippen LogP) is -2.75. The van der Waals surface area contributed by atoms with Crippen molar-refractivity contribution in [1.29, 1.82) is 0 Å². The van der Waals surface area contributed by atoms with Gasteiger partial charge in [-0.1, -0.05) is 19.1 Å². The molecule has 0 aliphatic rings. The standard InChI is InChI=1S/C9H10O3.Na/c1-6(9(11)12)7-2-4-8(10)5-3-7;/h2-6,10H,1H3,(H,11,12);/q;+1/p-1/t6-;/m0./s1. The Labute approximate surface area is 98.7 Å². The number of carboxylic acid groups (broad SMARTS) is 1. The molecule has 0 radical (unpaired) electrons. The van der Waals surface area contributed by atoms with Crippen molar-refractivity contribution in [3.63, 3.8) is 0 Å². The summed E-state index contributed by atoms with van der Waals surface area (Å²) < 4.78 is 0. The van der Waals surface area contributed by atoms with Gasteiger partial charge in [0.2, 0.25) is 0 Å². The fourth-order valence-electron chi connectivity index (χ4n) is 0.899. The first-order valence-electron chi connectivity index (χ1n) is 3.61. The maximum atomic E-state index is 10.4. The fraction of sp³-hybridized carbons (Fsp3) is 0.222. The Morgan fingerprint density at radius 3 is 2.23 bits per heavy atom. The van der Waals surface area contributed by atoms with Crippen molar-refractivity contribution in [2.45, 2.75) is 12.8 Å². The Balaban J connectivity index is 0.00000144. The number of aromatic hydroxyl groups is 1. The van der Waals surface area contributed by atoms with Gasteiger partial charge < -0.3 is 15.0 Å². The molecule has 0 amide bonds. The molecule has 0 unspecified atom stereocenters. The van der Waals surface area contributed by atoms with Gasteiger partial charge in [0.15, 0.2) is 0 Å². The quantitative estimate of drug-likeness (QED) is 0.512. The van der Waals surface area contributed by atoms with Crippen molar-refractivity contribution in [2.75, 3.05) is 0 Å². The number of benzene rings is 1. The first-order chi connectivity index (χ1) is 5.61. The van der Waals surface area contributed by atoms with Crippen molar-refractivity contribution in [1.82, 2.24) is 0 Å². The van der Waals surface area contributed by atoms with Gasteiger partial charge >= 0.3 is 29.6 Å². The number of phenols is 1. The summed E-state index contributed by atoms with van der Waals surface area (Å²) >= 11 is 0. The minimum atomic E-state index is -1.11. The summed E-state index contributed by atoms with van der Waals surface area (Å²) in [6.07, 6.45) is 0. The van der Waals surface area contributed by atoms with Crippen molar-refractivity contribution in [3.8, 4) is 5.75 Å². The summed E-state index contributed by atoms with van der Waals surface area (Å²) in [4.78, 5) is 10.4. The van der Waals surface area contributed by atoms with E-state index in [1.165, 1.54) is 12.1 Å². The Hall–Kier alpha value is -0.510. The average molecular weight is 188 g/mol. The smallest absolute Gasteiger partial charge is 0.550 e. The van der Waals surface area contributed by atoms with E-state index in [1.54, 1.807) is 19.1 Å². The van der Waals surface area contributed by atoms with Gasteiger partial charge in [-0.25, -0.2) is 0 Å². The van der Waals surface area contributed by atoms with Crippen LogP contribution in [-0.2, 0) is 4.79 Å². The molecule has 1 aromatic rings. The third-order valence-corrected chi connectivity index (χ3v) is 1.75.